The molecule has 0 aromatic rings. The summed E-state index contributed by atoms with van der Waals surface area (Å²) in [6.45, 7) is 5.31. The van der Waals surface area contributed by atoms with Crippen LogP contribution in [0.2, 0.25) is 0 Å². The molecule has 0 saturated carbocycles. The second kappa shape index (κ2) is 21.1. The third-order valence-corrected chi connectivity index (χ3v) is 5.73. The fourth-order valence-corrected chi connectivity index (χ4v) is 3.96. The zero-order valence-corrected chi connectivity index (χ0v) is 24.2. The Balaban J connectivity index is 0. The van der Waals surface area contributed by atoms with E-state index in [1.807, 2.05) is 0 Å². The number of hydrogen-bond donors (Lipinski definition) is 0. The van der Waals surface area contributed by atoms with Gasteiger partial charge in [0.15, 0.2) is 5.84 Å². The molecule has 0 aromatic carbocycles. The van der Waals surface area contributed by atoms with Gasteiger partial charge in [-0.15, -0.1) is 0 Å². The number of carbonyl (C=O) groups excluding carboxylic acids is 2. The van der Waals surface area contributed by atoms with Crippen molar-refractivity contribution in [1.82, 2.24) is 0 Å². The number of hydrogen-bond acceptors (Lipinski definition) is 6. The molecule has 1 rings (SSSR count). The summed E-state index contributed by atoms with van der Waals surface area (Å²) >= 11 is 0. The van der Waals surface area contributed by atoms with Gasteiger partial charge in [0.25, 0.3) is 0 Å². The van der Waals surface area contributed by atoms with E-state index in [9.17, 15) is 19.8 Å². The van der Waals surface area contributed by atoms with Gasteiger partial charge in [-0.2, -0.15) is 0 Å². The maximum atomic E-state index is 11.0. The van der Waals surface area contributed by atoms with Gasteiger partial charge >= 0.3 is 59.1 Å². The van der Waals surface area contributed by atoms with Gasteiger partial charge in [0.2, 0.25) is 0 Å². The molecule has 1 heterocycles. The van der Waals surface area contributed by atoms with Gasteiger partial charge in [0.1, 0.15) is 13.1 Å². The van der Waals surface area contributed by atoms with Crippen molar-refractivity contribution in [3.63, 3.8) is 0 Å². The fraction of sp³-hybridized carbons (Fsp3) is 0.864. The van der Waals surface area contributed by atoms with Crippen LogP contribution < -0.4 is 69.3 Å². The van der Waals surface area contributed by atoms with Crippen LogP contribution in [-0.2, 0) is 14.3 Å². The molecular weight excluding hydrogens is 418 g/mol. The van der Waals surface area contributed by atoms with Crippen molar-refractivity contribution in [2.45, 2.75) is 84.0 Å². The number of carbonyl (C=O) groups is 2. The normalized spacial score (nSPS) is 17.5. The first kappa shape index (κ1) is 33.7. The molecule has 1 aliphatic heterocycles. The molecule has 0 amide bonds. The van der Waals surface area contributed by atoms with Crippen LogP contribution in [0.15, 0.2) is 4.99 Å². The van der Waals surface area contributed by atoms with E-state index in [4.69, 9.17) is 4.74 Å². The number of carboxylic acid groups (broad SMARTS) is 2. The number of unbranched alkanes of at least 4 members (excludes halogenated alkanes) is 8. The van der Waals surface area contributed by atoms with Gasteiger partial charge in [-0.1, -0.05) is 58.3 Å². The number of carboxylic acids is 2. The van der Waals surface area contributed by atoms with Crippen LogP contribution >= 0.6 is 0 Å². The van der Waals surface area contributed by atoms with Crippen molar-refractivity contribution in [3.05, 3.63) is 0 Å². The van der Waals surface area contributed by atoms with Crippen molar-refractivity contribution >= 4 is 17.8 Å². The molecule has 0 N–H and O–H groups in total. The first-order valence-electron chi connectivity index (χ1n) is 11.4. The summed E-state index contributed by atoms with van der Waals surface area (Å²) in [5, 5.41) is 21.5. The summed E-state index contributed by atoms with van der Waals surface area (Å²) in [6.07, 6.45) is 12.1. The molecule has 168 valence electrons. The molecule has 0 spiro atoms. The van der Waals surface area contributed by atoms with E-state index >= 15 is 0 Å². The summed E-state index contributed by atoms with van der Waals surface area (Å²) in [5.74, 6) is -1.10. The van der Waals surface area contributed by atoms with Crippen molar-refractivity contribution in [2.75, 3.05) is 39.4 Å². The fourth-order valence-electron chi connectivity index (χ4n) is 3.96. The van der Waals surface area contributed by atoms with E-state index in [2.05, 4.69) is 11.9 Å². The molecular formula is C22H39N2Na2O5+. The minimum atomic E-state index is -1.13. The SMILES string of the molecule is CCCCCCCCCCCC1=NCC[N+]1(CCOCCC(=O)[O-])CCC(=O)[O-].[Na+].[Na+]. The molecule has 1 aliphatic rings. The standard InChI is InChI=1S/C22H40N2O5.2Na/c1-2-3-4-5-6-7-8-9-10-11-20-23-14-16-24(20,15-12-21(25)26)17-19-29-18-13-22(27)28;;/h2-19H2,1H3,(H-,25,26,27,28);;/q;2*+1/p-1. The molecule has 0 radical (unpaired) electrons. The molecule has 0 aromatic heterocycles. The van der Waals surface area contributed by atoms with E-state index in [-0.39, 0.29) is 78.6 Å². The first-order chi connectivity index (χ1) is 14.0. The van der Waals surface area contributed by atoms with Gasteiger partial charge < -0.3 is 24.5 Å². The molecule has 31 heavy (non-hydrogen) atoms. The molecule has 0 fully saturated rings. The van der Waals surface area contributed by atoms with Crippen LogP contribution in [0.25, 0.3) is 0 Å². The predicted octanol–water partition coefficient (Wildman–Crippen LogP) is -4.56. The molecule has 1 unspecified atom stereocenters. The number of amidine groups is 1. The van der Waals surface area contributed by atoms with Gasteiger partial charge in [-0.3, -0.25) is 4.48 Å². The topological polar surface area (TPSA) is 102 Å². The number of ether oxygens (including phenoxy) is 1. The number of aliphatic imine (C=N–C) groups is 1. The summed E-state index contributed by atoms with van der Waals surface area (Å²) in [5.41, 5.74) is 0. The monoisotopic (exact) mass is 457 g/mol. The van der Waals surface area contributed by atoms with Gasteiger partial charge in [0.05, 0.1) is 26.3 Å². The Bertz CT molecular complexity index is 520. The third kappa shape index (κ3) is 15.9. The molecule has 7 nitrogen and oxygen atoms in total. The number of quaternary nitrogens is 1. The van der Waals surface area contributed by atoms with Crippen LogP contribution in [0.3, 0.4) is 0 Å². The molecule has 0 aliphatic carbocycles. The second-order valence-electron chi connectivity index (χ2n) is 8.05. The van der Waals surface area contributed by atoms with E-state index in [1.165, 1.54) is 51.4 Å². The van der Waals surface area contributed by atoms with Crippen molar-refractivity contribution in [3.8, 4) is 0 Å². The Morgan fingerprint density at radius 2 is 1.45 bits per heavy atom. The summed E-state index contributed by atoms with van der Waals surface area (Å²) in [4.78, 5) is 26.2. The Morgan fingerprint density at radius 3 is 2.03 bits per heavy atom. The van der Waals surface area contributed by atoms with Crippen LogP contribution in [-0.4, -0.2) is 61.7 Å². The van der Waals surface area contributed by atoms with Crippen LogP contribution in [0.4, 0.5) is 0 Å². The van der Waals surface area contributed by atoms with E-state index in [1.54, 1.807) is 0 Å². The van der Waals surface area contributed by atoms with Crippen molar-refractivity contribution in [1.29, 1.82) is 0 Å². The summed E-state index contributed by atoms with van der Waals surface area (Å²) < 4.78 is 5.97. The number of aliphatic carboxylic acids is 2. The largest absolute Gasteiger partial charge is 1.00 e. The molecule has 9 heteroatoms. The molecule has 1 atom stereocenters. The van der Waals surface area contributed by atoms with Crippen LogP contribution in [0, 0.1) is 0 Å². The first-order valence-corrected chi connectivity index (χ1v) is 11.4. The Kier molecular flexibility index (Phi) is 22.9. The quantitative estimate of drug-likeness (QED) is 0.110. The second-order valence-corrected chi connectivity index (χ2v) is 8.05. The predicted molar refractivity (Wildman–Crippen MR) is 109 cm³/mol. The van der Waals surface area contributed by atoms with E-state index < -0.39 is 11.9 Å². The smallest absolute Gasteiger partial charge is 0.550 e. The molecule has 0 bridgehead atoms. The number of nitrogens with zero attached hydrogens (tertiary/aromatic N) is 2. The van der Waals surface area contributed by atoms with Crippen molar-refractivity contribution in [2.24, 2.45) is 4.99 Å². The molecule has 0 saturated heterocycles. The van der Waals surface area contributed by atoms with Crippen LogP contribution in [0.1, 0.15) is 84.0 Å². The Hall–Kier alpha value is 0.530. The average Bonchev–Trinajstić information content (AvgIpc) is 3.07. The minimum absolute atomic E-state index is 0. The maximum Gasteiger partial charge on any atom is 1.00 e. The Labute approximate surface area is 232 Å². The third-order valence-electron chi connectivity index (χ3n) is 5.73. The zero-order chi connectivity index (χ0) is 21.4. The van der Waals surface area contributed by atoms with E-state index in [0.717, 1.165) is 25.2 Å². The zero-order valence-electron chi connectivity index (χ0n) is 20.2. The summed E-state index contributed by atoms with van der Waals surface area (Å²) in [7, 11) is 0. The minimum Gasteiger partial charge on any atom is -0.550 e. The van der Waals surface area contributed by atoms with Crippen molar-refractivity contribution < 1.29 is 88.1 Å². The Morgan fingerprint density at radius 1 is 0.871 bits per heavy atom. The van der Waals surface area contributed by atoms with Gasteiger partial charge in [0, 0.05) is 31.2 Å². The van der Waals surface area contributed by atoms with Gasteiger partial charge in [-0.05, 0) is 6.42 Å². The summed E-state index contributed by atoms with van der Waals surface area (Å²) in [6, 6.07) is 0. The van der Waals surface area contributed by atoms with E-state index in [0.29, 0.717) is 30.7 Å². The van der Waals surface area contributed by atoms with Gasteiger partial charge in [-0.25, -0.2) is 4.99 Å². The maximum absolute atomic E-state index is 11.0. The number of rotatable bonds is 19. The average molecular weight is 458 g/mol. The van der Waals surface area contributed by atoms with Crippen LogP contribution in [0.5, 0.6) is 0 Å².